The SMILES string of the molecule is CN(CC1CC1)CC1CN(C(=O)c2ccncc2F)CCO1. The highest BCUT2D eigenvalue weighted by Crippen LogP contribution is 2.29. The van der Waals surface area contributed by atoms with Crippen LogP contribution in [0.5, 0.6) is 0 Å². The van der Waals surface area contributed by atoms with Crippen LogP contribution in [0.25, 0.3) is 0 Å². The first-order valence-electron chi connectivity index (χ1n) is 7.82. The van der Waals surface area contributed by atoms with Gasteiger partial charge in [-0.25, -0.2) is 4.39 Å². The number of rotatable bonds is 5. The molecule has 120 valence electrons. The number of carbonyl (C=O) groups excluding carboxylic acids is 1. The molecule has 22 heavy (non-hydrogen) atoms. The van der Waals surface area contributed by atoms with Crippen LogP contribution in [0.2, 0.25) is 0 Å². The van der Waals surface area contributed by atoms with Crippen LogP contribution in [0.4, 0.5) is 4.39 Å². The van der Waals surface area contributed by atoms with E-state index in [4.69, 9.17) is 4.74 Å². The summed E-state index contributed by atoms with van der Waals surface area (Å²) < 4.78 is 19.5. The monoisotopic (exact) mass is 307 g/mol. The van der Waals surface area contributed by atoms with Gasteiger partial charge in [0.25, 0.3) is 5.91 Å². The number of aromatic nitrogens is 1. The van der Waals surface area contributed by atoms with E-state index in [1.54, 1.807) is 4.90 Å². The third-order valence-corrected chi connectivity index (χ3v) is 4.21. The summed E-state index contributed by atoms with van der Waals surface area (Å²) in [6.07, 6.45) is 5.15. The maximum Gasteiger partial charge on any atom is 0.257 e. The number of carbonyl (C=O) groups is 1. The lowest BCUT2D eigenvalue weighted by molar-refractivity contribution is -0.0335. The van der Waals surface area contributed by atoms with Crippen LogP contribution in [0.3, 0.4) is 0 Å². The first-order chi connectivity index (χ1) is 10.6. The molecule has 1 amide bonds. The minimum atomic E-state index is -0.568. The van der Waals surface area contributed by atoms with Crippen molar-refractivity contribution in [3.05, 3.63) is 29.8 Å². The Morgan fingerprint density at radius 2 is 2.32 bits per heavy atom. The Balaban J connectivity index is 1.57. The summed E-state index contributed by atoms with van der Waals surface area (Å²) >= 11 is 0. The smallest absolute Gasteiger partial charge is 0.257 e. The molecule has 1 aliphatic heterocycles. The highest BCUT2D eigenvalue weighted by atomic mass is 19.1. The molecule has 0 spiro atoms. The van der Waals surface area contributed by atoms with E-state index in [-0.39, 0.29) is 17.6 Å². The topological polar surface area (TPSA) is 45.7 Å². The fraction of sp³-hybridized carbons (Fsp3) is 0.625. The van der Waals surface area contributed by atoms with Crippen molar-refractivity contribution >= 4 is 5.91 Å². The highest BCUT2D eigenvalue weighted by Gasteiger charge is 2.29. The van der Waals surface area contributed by atoms with E-state index in [0.717, 1.165) is 25.2 Å². The number of ether oxygens (including phenoxy) is 1. The maximum absolute atomic E-state index is 13.7. The minimum Gasteiger partial charge on any atom is -0.373 e. The molecular weight excluding hydrogens is 285 g/mol. The van der Waals surface area contributed by atoms with Crippen LogP contribution in [0.15, 0.2) is 18.5 Å². The number of halogens is 1. The molecule has 6 heteroatoms. The van der Waals surface area contributed by atoms with E-state index in [1.165, 1.54) is 25.1 Å². The Morgan fingerprint density at radius 1 is 1.50 bits per heavy atom. The Bertz CT molecular complexity index is 536. The second-order valence-electron chi connectivity index (χ2n) is 6.26. The van der Waals surface area contributed by atoms with Crippen molar-refractivity contribution in [3.8, 4) is 0 Å². The van der Waals surface area contributed by atoms with Crippen molar-refractivity contribution in [3.63, 3.8) is 0 Å². The van der Waals surface area contributed by atoms with Gasteiger partial charge in [-0.05, 0) is 31.9 Å². The number of hydrogen-bond donors (Lipinski definition) is 0. The molecule has 1 aliphatic carbocycles. The third kappa shape index (κ3) is 3.81. The zero-order chi connectivity index (χ0) is 15.5. The highest BCUT2D eigenvalue weighted by molar-refractivity contribution is 5.94. The standard InChI is InChI=1S/C16H22FN3O2/c1-19(9-12-2-3-12)10-13-11-20(6-7-22-13)16(21)14-4-5-18-8-15(14)17/h4-5,8,12-13H,2-3,6-7,9-11H2,1H3. The van der Waals surface area contributed by atoms with E-state index < -0.39 is 5.82 Å². The second kappa shape index (κ2) is 6.71. The second-order valence-corrected chi connectivity index (χ2v) is 6.26. The molecule has 2 fully saturated rings. The lowest BCUT2D eigenvalue weighted by Gasteiger charge is -2.35. The Labute approximate surface area is 130 Å². The van der Waals surface area contributed by atoms with Gasteiger partial charge in [0, 0.05) is 32.4 Å². The third-order valence-electron chi connectivity index (χ3n) is 4.21. The minimum absolute atomic E-state index is 0.00801. The number of hydrogen-bond acceptors (Lipinski definition) is 4. The fourth-order valence-electron chi connectivity index (χ4n) is 2.90. The predicted octanol–water partition coefficient (Wildman–Crippen LogP) is 1.40. The van der Waals surface area contributed by atoms with Gasteiger partial charge in [-0.1, -0.05) is 0 Å². The van der Waals surface area contributed by atoms with Gasteiger partial charge in [0.1, 0.15) is 0 Å². The Morgan fingerprint density at radius 3 is 3.05 bits per heavy atom. The lowest BCUT2D eigenvalue weighted by Crippen LogP contribution is -2.49. The van der Waals surface area contributed by atoms with Gasteiger partial charge < -0.3 is 14.5 Å². The van der Waals surface area contributed by atoms with Crippen molar-refractivity contribution in [1.29, 1.82) is 0 Å². The molecule has 1 unspecified atom stereocenters. The molecule has 2 heterocycles. The molecule has 1 aromatic heterocycles. The number of morpholine rings is 1. The Kier molecular flexibility index (Phi) is 4.69. The molecule has 0 bridgehead atoms. The summed E-state index contributed by atoms with van der Waals surface area (Å²) in [6.45, 7) is 3.41. The summed E-state index contributed by atoms with van der Waals surface area (Å²) in [5, 5.41) is 0. The van der Waals surface area contributed by atoms with Crippen LogP contribution in [0, 0.1) is 11.7 Å². The number of nitrogens with zero attached hydrogens (tertiary/aromatic N) is 3. The van der Waals surface area contributed by atoms with Crippen LogP contribution >= 0.6 is 0 Å². The largest absolute Gasteiger partial charge is 0.373 e. The van der Waals surface area contributed by atoms with Crippen LogP contribution in [-0.4, -0.2) is 66.6 Å². The zero-order valence-electron chi connectivity index (χ0n) is 12.9. The average Bonchev–Trinajstić information content (AvgIpc) is 3.31. The summed E-state index contributed by atoms with van der Waals surface area (Å²) in [7, 11) is 2.09. The van der Waals surface area contributed by atoms with E-state index in [2.05, 4.69) is 16.9 Å². The molecule has 0 aromatic carbocycles. The molecule has 0 radical (unpaired) electrons. The summed E-state index contributed by atoms with van der Waals surface area (Å²) in [5.41, 5.74) is 0.0852. The number of pyridine rings is 1. The quantitative estimate of drug-likeness (QED) is 0.825. The van der Waals surface area contributed by atoms with Crippen LogP contribution in [-0.2, 0) is 4.74 Å². The van der Waals surface area contributed by atoms with Crippen LogP contribution in [0.1, 0.15) is 23.2 Å². The van der Waals surface area contributed by atoms with Gasteiger partial charge in [-0.15, -0.1) is 0 Å². The zero-order valence-corrected chi connectivity index (χ0v) is 12.9. The number of likely N-dealkylation sites (N-methyl/N-ethyl adjacent to an activating group) is 1. The maximum atomic E-state index is 13.7. The molecular formula is C16H22FN3O2. The first kappa shape index (κ1) is 15.4. The van der Waals surface area contributed by atoms with Crippen molar-refractivity contribution in [2.45, 2.75) is 18.9 Å². The molecule has 1 saturated heterocycles. The lowest BCUT2D eigenvalue weighted by atomic mass is 10.2. The first-order valence-corrected chi connectivity index (χ1v) is 7.82. The van der Waals surface area contributed by atoms with Gasteiger partial charge in [0.2, 0.25) is 0 Å². The molecule has 2 aliphatic rings. The van der Waals surface area contributed by atoms with E-state index in [0.29, 0.717) is 19.7 Å². The van der Waals surface area contributed by atoms with E-state index in [1.807, 2.05) is 0 Å². The molecule has 1 atom stereocenters. The molecule has 1 aromatic rings. The van der Waals surface area contributed by atoms with Gasteiger partial charge in [0.05, 0.1) is 24.5 Å². The molecule has 3 rings (SSSR count). The summed E-state index contributed by atoms with van der Waals surface area (Å²) in [6, 6.07) is 1.43. The summed E-state index contributed by atoms with van der Waals surface area (Å²) in [5.74, 6) is -0.0170. The van der Waals surface area contributed by atoms with E-state index in [9.17, 15) is 9.18 Å². The van der Waals surface area contributed by atoms with Crippen molar-refractivity contribution in [2.75, 3.05) is 39.8 Å². The number of amides is 1. The molecule has 5 nitrogen and oxygen atoms in total. The Hall–Kier alpha value is -1.53. The van der Waals surface area contributed by atoms with Crippen molar-refractivity contribution in [2.24, 2.45) is 5.92 Å². The summed E-state index contributed by atoms with van der Waals surface area (Å²) in [4.78, 5) is 20.1. The predicted molar refractivity (Wildman–Crippen MR) is 80.1 cm³/mol. The van der Waals surface area contributed by atoms with Gasteiger partial charge >= 0.3 is 0 Å². The van der Waals surface area contributed by atoms with Crippen LogP contribution < -0.4 is 0 Å². The van der Waals surface area contributed by atoms with Gasteiger partial charge in [-0.3, -0.25) is 9.78 Å². The van der Waals surface area contributed by atoms with Gasteiger partial charge in [0.15, 0.2) is 5.82 Å². The molecule has 1 saturated carbocycles. The van der Waals surface area contributed by atoms with Crippen molar-refractivity contribution in [1.82, 2.24) is 14.8 Å². The fourth-order valence-corrected chi connectivity index (χ4v) is 2.90. The van der Waals surface area contributed by atoms with Crippen molar-refractivity contribution < 1.29 is 13.9 Å². The normalized spacial score (nSPS) is 22.1. The van der Waals surface area contributed by atoms with Gasteiger partial charge in [-0.2, -0.15) is 0 Å². The average molecular weight is 307 g/mol. The molecule has 0 N–H and O–H groups in total. The van der Waals surface area contributed by atoms with E-state index >= 15 is 0 Å².